The number of rotatable bonds is 16. The summed E-state index contributed by atoms with van der Waals surface area (Å²) in [5, 5.41) is 20.9. The molecule has 0 spiro atoms. The predicted molar refractivity (Wildman–Crippen MR) is 301 cm³/mol. The summed E-state index contributed by atoms with van der Waals surface area (Å²) in [6, 6.07) is 17.3. The first-order valence-corrected chi connectivity index (χ1v) is 27.4. The lowest BCUT2D eigenvalue weighted by molar-refractivity contribution is -0.147. The zero-order chi connectivity index (χ0) is 54.8. The molecule has 19 nitrogen and oxygen atoms in total. The predicted octanol–water partition coefficient (Wildman–Crippen LogP) is 8.90. The normalized spacial score (nSPS) is 17.7. The number of aromatic amines is 1. The molecular formula is C57H73N13O6S. The van der Waals surface area contributed by atoms with E-state index in [1.54, 1.807) is 18.9 Å². The van der Waals surface area contributed by atoms with E-state index in [1.807, 2.05) is 108 Å². The van der Waals surface area contributed by atoms with Crippen molar-refractivity contribution in [2.24, 2.45) is 11.3 Å². The first kappa shape index (κ1) is 54.7. The summed E-state index contributed by atoms with van der Waals surface area (Å²) in [4.78, 5) is 64.9. The molecular weight excluding hydrogens is 995 g/mol. The molecule has 0 bridgehead atoms. The van der Waals surface area contributed by atoms with Gasteiger partial charge in [-0.3, -0.25) is 23.8 Å². The maximum absolute atomic E-state index is 14.9. The third kappa shape index (κ3) is 12.2. The van der Waals surface area contributed by atoms with Crippen molar-refractivity contribution in [1.82, 2.24) is 51.0 Å². The molecule has 1 fully saturated rings. The van der Waals surface area contributed by atoms with Gasteiger partial charge in [0.15, 0.2) is 5.82 Å². The van der Waals surface area contributed by atoms with Crippen molar-refractivity contribution in [2.75, 3.05) is 41.3 Å². The van der Waals surface area contributed by atoms with Crippen LogP contribution in [0.2, 0.25) is 0 Å². The van der Waals surface area contributed by atoms with E-state index < -0.39 is 29.1 Å². The van der Waals surface area contributed by atoms with E-state index in [0.717, 1.165) is 84.3 Å². The number of amides is 3. The van der Waals surface area contributed by atoms with Gasteiger partial charge in [0.05, 0.1) is 29.9 Å². The van der Waals surface area contributed by atoms with Crippen LogP contribution in [0, 0.1) is 25.2 Å². The van der Waals surface area contributed by atoms with Crippen LogP contribution in [0.15, 0.2) is 73.3 Å². The Morgan fingerprint density at radius 2 is 1.68 bits per heavy atom. The number of hydrogen-bond acceptors (Lipinski definition) is 16. The van der Waals surface area contributed by atoms with E-state index in [9.17, 15) is 18.9 Å². The molecule has 3 amide bonds. The van der Waals surface area contributed by atoms with Crippen molar-refractivity contribution >= 4 is 64.0 Å². The zero-order valence-corrected chi connectivity index (χ0v) is 46.7. The SMILES string of the molecule is CN[C@@H](C)C(=O)NC(C(=O)N1Cc2cc(Oc3cc(N4CCC(COc5cc6ncnc(Nc7n[nH]c(C)c7C)c6cc5N(SO)C(C)(C)C)CC4)ncn3)ccc2C[C@H]1C(=O)N[C@@H]1CCCc2ccccc21)C(C)(C)C. The van der Waals surface area contributed by atoms with E-state index in [-0.39, 0.29) is 36.2 Å². The van der Waals surface area contributed by atoms with Gasteiger partial charge < -0.3 is 45.1 Å². The van der Waals surface area contributed by atoms with Crippen molar-refractivity contribution in [3.05, 3.63) is 107 Å². The number of benzene rings is 3. The van der Waals surface area contributed by atoms with Crippen LogP contribution in [0.3, 0.4) is 0 Å². The second kappa shape index (κ2) is 22.9. The Hall–Kier alpha value is -7.03. The van der Waals surface area contributed by atoms with Gasteiger partial charge in [-0.25, -0.2) is 19.9 Å². The van der Waals surface area contributed by atoms with Gasteiger partial charge in [-0.05, 0) is 132 Å². The molecule has 3 aromatic heterocycles. The highest BCUT2D eigenvalue weighted by Crippen LogP contribution is 2.42. The van der Waals surface area contributed by atoms with Crippen molar-refractivity contribution in [3.8, 4) is 17.4 Å². The van der Waals surface area contributed by atoms with Gasteiger partial charge in [-0.2, -0.15) is 5.10 Å². The van der Waals surface area contributed by atoms with Gasteiger partial charge in [0.25, 0.3) is 0 Å². The van der Waals surface area contributed by atoms with Crippen molar-refractivity contribution in [1.29, 1.82) is 0 Å². The minimum atomic E-state index is -0.905. The number of nitrogens with one attached hydrogen (secondary N) is 5. The molecule has 1 unspecified atom stereocenters. The fraction of sp³-hybridized carbons (Fsp3) is 0.474. The lowest BCUT2D eigenvalue weighted by Gasteiger charge is -2.41. The van der Waals surface area contributed by atoms with Crippen LogP contribution in [0.5, 0.6) is 17.4 Å². The lowest BCUT2D eigenvalue weighted by atomic mass is 9.83. The number of ether oxygens (including phenoxy) is 2. The molecule has 408 valence electrons. The Morgan fingerprint density at radius 3 is 2.39 bits per heavy atom. The van der Waals surface area contributed by atoms with Crippen LogP contribution < -0.4 is 39.9 Å². The highest BCUT2D eigenvalue weighted by atomic mass is 32.2. The van der Waals surface area contributed by atoms with E-state index in [0.29, 0.717) is 65.5 Å². The first-order chi connectivity index (χ1) is 36.8. The number of carbonyl (C=O) groups excluding carboxylic acids is 3. The van der Waals surface area contributed by atoms with E-state index >= 15 is 0 Å². The van der Waals surface area contributed by atoms with Gasteiger partial charge in [0.1, 0.15) is 60.1 Å². The molecule has 3 aromatic carbocycles. The smallest absolute Gasteiger partial charge is 0.246 e. The summed E-state index contributed by atoms with van der Waals surface area (Å²) >= 11 is 0.650. The summed E-state index contributed by atoms with van der Waals surface area (Å²) in [5.41, 5.74) is 6.32. The Bertz CT molecular complexity index is 3110. The molecule has 0 radical (unpaired) electrons. The summed E-state index contributed by atoms with van der Waals surface area (Å²) in [6.45, 7) is 19.6. The number of carbonyl (C=O) groups is 3. The van der Waals surface area contributed by atoms with Crippen LogP contribution in [-0.4, -0.2) is 108 Å². The largest absolute Gasteiger partial charge is 0.491 e. The third-order valence-electron chi connectivity index (χ3n) is 15.2. The standard InChI is InChI=1S/C57H73N13O6S/c1-33-34(2)66-67-51(33)65-52-42-26-45(70(77-74)57(7,8)9)47(27-44(42)59-31-62-52)75-30-36-20-22-68(23-21-36)48-28-49(61-32-60-48)76-40-19-18-38-25-46(54(72)63-43-17-13-15-37-14-11-12-16-41(37)43)69(29-39(38)24-40)55(73)50(56(4,5)6)64-53(71)35(3)58-10/h11-12,14,16,18-19,24,26-28,31-32,35-36,43,46,50,58,74H,13,15,17,20-23,25,29-30H2,1-10H3,(H,63,72)(H,64,71)(H2,59,62,65,66,67)/t35-,43+,46-,50?/m0/s1. The van der Waals surface area contributed by atoms with E-state index in [4.69, 9.17) is 9.47 Å². The summed E-state index contributed by atoms with van der Waals surface area (Å²) in [7, 11) is 1.70. The molecule has 1 saturated heterocycles. The number of aromatic nitrogens is 6. The molecule has 0 saturated carbocycles. The quantitative estimate of drug-likeness (QED) is 0.0393. The monoisotopic (exact) mass is 1070 g/mol. The topological polar surface area (TPSA) is 228 Å². The van der Waals surface area contributed by atoms with Crippen LogP contribution in [-0.2, 0) is 33.8 Å². The molecule has 2 aliphatic heterocycles. The molecule has 6 N–H and O–H groups in total. The Morgan fingerprint density at radius 1 is 0.909 bits per heavy atom. The van der Waals surface area contributed by atoms with Gasteiger partial charge in [0, 0.05) is 60.4 Å². The Labute approximate surface area is 455 Å². The molecule has 77 heavy (non-hydrogen) atoms. The second-order valence-electron chi connectivity index (χ2n) is 22.7. The van der Waals surface area contributed by atoms with E-state index in [1.165, 1.54) is 18.2 Å². The van der Waals surface area contributed by atoms with Crippen LogP contribution in [0.1, 0.15) is 114 Å². The van der Waals surface area contributed by atoms with Gasteiger partial charge in [-0.15, -0.1) is 0 Å². The minimum Gasteiger partial charge on any atom is -0.491 e. The van der Waals surface area contributed by atoms with Crippen LogP contribution in [0.25, 0.3) is 10.9 Å². The number of piperidine rings is 1. The highest BCUT2D eigenvalue weighted by molar-refractivity contribution is 7.95. The molecule has 6 aromatic rings. The van der Waals surface area contributed by atoms with Crippen LogP contribution in [0.4, 0.5) is 23.1 Å². The maximum atomic E-state index is 14.9. The van der Waals surface area contributed by atoms with Crippen LogP contribution >= 0.6 is 12.2 Å². The number of hydrogen-bond donors (Lipinski definition) is 6. The number of likely N-dealkylation sites (N-methyl/N-ethyl adjacent to an activating group) is 1. The Kier molecular flexibility index (Phi) is 16.3. The van der Waals surface area contributed by atoms with Gasteiger partial charge in [0.2, 0.25) is 23.6 Å². The first-order valence-electron chi connectivity index (χ1n) is 26.6. The summed E-state index contributed by atoms with van der Waals surface area (Å²) < 4.78 is 25.5. The summed E-state index contributed by atoms with van der Waals surface area (Å²) in [6.07, 6.45) is 7.73. The molecule has 5 heterocycles. The Balaban J connectivity index is 0.885. The number of aryl methyl sites for hydroxylation is 2. The molecule has 20 heteroatoms. The highest BCUT2D eigenvalue weighted by Gasteiger charge is 2.43. The van der Waals surface area contributed by atoms with E-state index in [2.05, 4.69) is 68.4 Å². The second-order valence-corrected chi connectivity index (χ2v) is 23.2. The average Bonchev–Trinajstić information content (AvgIpc) is 3.75. The lowest BCUT2D eigenvalue weighted by Crippen LogP contribution is -2.62. The van der Waals surface area contributed by atoms with Gasteiger partial charge in [-0.1, -0.05) is 51.1 Å². The van der Waals surface area contributed by atoms with Gasteiger partial charge >= 0.3 is 0 Å². The number of H-pyrrole nitrogens is 1. The number of fused-ring (bicyclic) bond motifs is 3. The third-order valence-corrected chi connectivity index (χ3v) is 16.1. The van der Waals surface area contributed by atoms with Crippen molar-refractivity contribution < 1.29 is 28.4 Å². The van der Waals surface area contributed by atoms with Crippen molar-refractivity contribution in [3.63, 3.8) is 0 Å². The molecule has 1 aliphatic carbocycles. The summed E-state index contributed by atoms with van der Waals surface area (Å²) in [5.74, 6) is 2.91. The fourth-order valence-electron chi connectivity index (χ4n) is 10.4. The van der Waals surface area contributed by atoms with Crippen molar-refractivity contribution in [2.45, 2.75) is 137 Å². The zero-order valence-electron chi connectivity index (χ0n) is 45.9. The minimum absolute atomic E-state index is 0.138. The average molecular weight is 1070 g/mol. The number of anilines is 4. The molecule has 9 rings (SSSR count). The maximum Gasteiger partial charge on any atom is 0.246 e. The number of nitrogens with zero attached hydrogens (tertiary/aromatic N) is 8. The fourth-order valence-corrected chi connectivity index (χ4v) is 10.9. The molecule has 3 aliphatic rings. The molecule has 4 atom stereocenters.